The van der Waals surface area contributed by atoms with E-state index in [-0.39, 0.29) is 136 Å². The number of hydrogen-bond donors (Lipinski definition) is 7. The minimum absolute atomic E-state index is 0.00375. The third-order valence-corrected chi connectivity index (χ3v) is 15.5. The van der Waals surface area contributed by atoms with Gasteiger partial charge in [-0.3, -0.25) is 9.59 Å². The molecule has 388 valence electrons. The van der Waals surface area contributed by atoms with E-state index in [9.17, 15) is 45.0 Å². The Hall–Kier alpha value is -11.3. The molecule has 0 aliphatic carbocycles. The Morgan fingerprint density at radius 2 is 0.787 bits per heavy atom. The van der Waals surface area contributed by atoms with E-state index >= 15 is 9.59 Å². The highest BCUT2D eigenvalue weighted by molar-refractivity contribution is 6.22. The molecule has 6 aliphatic rings. The lowest BCUT2D eigenvalue weighted by Crippen LogP contribution is -2.33. The topological polar surface area (TPSA) is 274 Å². The molecular formula is C62H33NO17. The van der Waals surface area contributed by atoms with Gasteiger partial charge in [0.15, 0.2) is 28.9 Å². The molecule has 15 rings (SSSR count). The van der Waals surface area contributed by atoms with E-state index in [1.807, 2.05) is 0 Å². The molecule has 0 bridgehead atoms. The molecule has 7 N–H and O–H groups in total. The molecule has 0 radical (unpaired) electrons. The number of phenolic OH excluding ortho intramolecular Hbond substituents is 6. The number of aromatic hydroxyl groups is 6. The largest absolute Gasteiger partial charge is 0.508 e. The number of anilines is 2. The molecular weight excluding hydrogens is 1030 g/mol. The highest BCUT2D eigenvalue weighted by Gasteiger charge is 2.58. The van der Waals surface area contributed by atoms with Gasteiger partial charge in [-0.15, -0.1) is 0 Å². The number of carbonyl (C=O) groups is 5. The fourth-order valence-electron chi connectivity index (χ4n) is 12.2. The Balaban J connectivity index is 0.954. The van der Waals surface area contributed by atoms with Crippen molar-refractivity contribution < 1.29 is 83.0 Å². The Morgan fingerprint density at radius 3 is 1.23 bits per heavy atom. The van der Waals surface area contributed by atoms with Crippen molar-refractivity contribution in [3.63, 3.8) is 0 Å². The quantitative estimate of drug-likeness (QED) is 0.0365. The standard InChI is InChI=1S/C62H33NO17/c64-26-28-18-46-53(59(74)80-62(46)43-15-7-34(69)24-51(43)77-52-25-35(70)8-16-44(52)62)54(56(71)27-1-10-38-37(17-27)58(73)79-60(38)39-11-3-30(65)20-47(39)75-48-21-31(66)4-12-40(48)60)55(28)63-29-2-9-36-45(19-29)61(78-57(36)72)41-13-5-32(67)22-49(41)76-50-23-33(68)6-14-42(50)61/h1-26,63,65-70H. The monoisotopic (exact) mass is 1060 g/mol. The van der Waals surface area contributed by atoms with Crippen molar-refractivity contribution >= 4 is 41.4 Å². The highest BCUT2D eigenvalue weighted by atomic mass is 16.6. The van der Waals surface area contributed by atoms with E-state index in [1.165, 1.54) is 146 Å². The molecule has 0 aromatic heterocycles. The maximum absolute atomic E-state index is 16.0. The van der Waals surface area contributed by atoms with Crippen molar-refractivity contribution in [2.75, 3.05) is 5.32 Å². The predicted molar refractivity (Wildman–Crippen MR) is 276 cm³/mol. The number of rotatable bonds is 5. The number of benzene rings is 9. The molecule has 0 saturated heterocycles. The molecule has 6 aliphatic heterocycles. The smallest absolute Gasteiger partial charge is 0.341 e. The first-order valence-corrected chi connectivity index (χ1v) is 24.6. The van der Waals surface area contributed by atoms with Gasteiger partial charge >= 0.3 is 17.9 Å². The number of ether oxygens (including phenoxy) is 6. The summed E-state index contributed by atoms with van der Waals surface area (Å²) in [6, 6.07) is 35.4. The summed E-state index contributed by atoms with van der Waals surface area (Å²) < 4.78 is 37.6. The average Bonchev–Trinajstić information content (AvgIpc) is 4.15. The number of nitrogens with one attached hydrogen (secondary N) is 1. The van der Waals surface area contributed by atoms with Crippen LogP contribution >= 0.6 is 0 Å². The third kappa shape index (κ3) is 5.97. The van der Waals surface area contributed by atoms with E-state index in [2.05, 4.69) is 5.32 Å². The van der Waals surface area contributed by atoms with Crippen LogP contribution in [0.25, 0.3) is 0 Å². The van der Waals surface area contributed by atoms with Gasteiger partial charge in [0, 0.05) is 103 Å². The zero-order valence-electron chi connectivity index (χ0n) is 40.7. The van der Waals surface area contributed by atoms with E-state index in [0.717, 1.165) is 0 Å². The molecule has 80 heavy (non-hydrogen) atoms. The Bertz CT molecular complexity index is 4290. The summed E-state index contributed by atoms with van der Waals surface area (Å²) in [5.74, 6) is -4.13. The third-order valence-electron chi connectivity index (χ3n) is 15.5. The average molecular weight is 1060 g/mol. The lowest BCUT2D eigenvalue weighted by molar-refractivity contribution is 0.0213. The van der Waals surface area contributed by atoms with Gasteiger partial charge in [0.2, 0.25) is 0 Å². The molecule has 9 aromatic carbocycles. The fraction of sp³-hybridized carbons (Fsp3) is 0.0484. The lowest BCUT2D eigenvalue weighted by Gasteiger charge is -2.37. The number of fused-ring (bicyclic) bond motifs is 18. The maximum Gasteiger partial charge on any atom is 0.341 e. The first-order valence-electron chi connectivity index (χ1n) is 24.6. The van der Waals surface area contributed by atoms with Gasteiger partial charge in [-0.2, -0.15) is 0 Å². The Kier molecular flexibility index (Phi) is 9.02. The second-order valence-electron chi connectivity index (χ2n) is 19.8. The summed E-state index contributed by atoms with van der Waals surface area (Å²) in [6.45, 7) is 0. The lowest BCUT2D eigenvalue weighted by atomic mass is 9.75. The number of esters is 3. The maximum atomic E-state index is 16.0. The first kappa shape index (κ1) is 46.1. The van der Waals surface area contributed by atoms with Crippen LogP contribution in [0.15, 0.2) is 152 Å². The SMILES string of the molecule is O=Cc1cc2c(c(C(=O)c3ccc4c(c3)C(=O)OC43c4ccc(O)cc4Oc4cc(O)ccc43)c1Nc1ccc3c(c1)C1(OC3=O)c3ccc(O)cc3Oc3cc(O)ccc31)C(=O)OC21c2ccc(O)cc2Oc2cc(O)ccc21. The number of phenols is 6. The van der Waals surface area contributed by atoms with E-state index in [4.69, 9.17) is 28.4 Å². The van der Waals surface area contributed by atoms with Gasteiger partial charge in [-0.25, -0.2) is 14.4 Å². The van der Waals surface area contributed by atoms with Crippen molar-refractivity contribution in [3.05, 3.63) is 235 Å². The molecule has 0 unspecified atom stereocenters. The molecule has 0 atom stereocenters. The summed E-state index contributed by atoms with van der Waals surface area (Å²) in [6.07, 6.45) is 0.468. The van der Waals surface area contributed by atoms with Crippen molar-refractivity contribution in [2.45, 2.75) is 16.8 Å². The van der Waals surface area contributed by atoms with Gasteiger partial charge in [0.25, 0.3) is 0 Å². The Morgan fingerprint density at radius 1 is 0.400 bits per heavy atom. The van der Waals surface area contributed by atoms with Crippen molar-refractivity contribution in [2.24, 2.45) is 0 Å². The zero-order valence-corrected chi connectivity index (χ0v) is 40.7. The second-order valence-corrected chi connectivity index (χ2v) is 19.8. The van der Waals surface area contributed by atoms with Crippen LogP contribution in [0.3, 0.4) is 0 Å². The molecule has 9 aromatic rings. The van der Waals surface area contributed by atoms with Gasteiger partial charge in [-0.1, -0.05) is 12.1 Å². The van der Waals surface area contributed by atoms with Crippen molar-refractivity contribution in [1.29, 1.82) is 0 Å². The Labute approximate surface area is 449 Å². The molecule has 0 amide bonds. The van der Waals surface area contributed by atoms with E-state index < -0.39 is 46.1 Å². The van der Waals surface area contributed by atoms with Gasteiger partial charge in [0.05, 0.1) is 27.9 Å². The van der Waals surface area contributed by atoms with Crippen molar-refractivity contribution in [1.82, 2.24) is 0 Å². The van der Waals surface area contributed by atoms with Crippen molar-refractivity contribution in [3.8, 4) is 69.0 Å². The minimum Gasteiger partial charge on any atom is -0.508 e. The summed E-state index contributed by atoms with van der Waals surface area (Å²) in [4.78, 5) is 73.6. The van der Waals surface area contributed by atoms with Crippen LogP contribution in [-0.4, -0.2) is 60.6 Å². The predicted octanol–water partition coefficient (Wildman–Crippen LogP) is 10.4. The van der Waals surface area contributed by atoms with E-state index in [1.54, 1.807) is 6.07 Å². The van der Waals surface area contributed by atoms with Crippen LogP contribution < -0.4 is 19.5 Å². The van der Waals surface area contributed by atoms with Crippen LogP contribution in [0.5, 0.6) is 69.0 Å². The van der Waals surface area contributed by atoms with Crippen LogP contribution in [0, 0.1) is 0 Å². The van der Waals surface area contributed by atoms with Crippen LogP contribution in [0.2, 0.25) is 0 Å². The number of carbonyl (C=O) groups excluding carboxylic acids is 5. The summed E-state index contributed by atoms with van der Waals surface area (Å²) in [7, 11) is 0. The molecule has 0 saturated carbocycles. The molecule has 0 fully saturated rings. The van der Waals surface area contributed by atoms with Crippen LogP contribution in [-0.2, 0) is 31.0 Å². The van der Waals surface area contributed by atoms with Gasteiger partial charge in [-0.05, 0) is 103 Å². The van der Waals surface area contributed by atoms with E-state index in [0.29, 0.717) is 28.5 Å². The number of hydrogen-bond acceptors (Lipinski definition) is 18. The number of ketones is 1. The molecule has 3 spiro atoms. The summed E-state index contributed by atoms with van der Waals surface area (Å²) in [5, 5.41) is 66.7. The number of aldehydes is 1. The first-order chi connectivity index (χ1) is 38.6. The van der Waals surface area contributed by atoms with Gasteiger partial charge in [0.1, 0.15) is 69.0 Å². The van der Waals surface area contributed by atoms with Crippen LogP contribution in [0.4, 0.5) is 11.4 Å². The summed E-state index contributed by atoms with van der Waals surface area (Å²) >= 11 is 0. The van der Waals surface area contributed by atoms with Crippen LogP contribution in [0.1, 0.15) is 107 Å². The highest BCUT2D eigenvalue weighted by Crippen LogP contribution is 2.62. The molecule has 18 nitrogen and oxygen atoms in total. The summed E-state index contributed by atoms with van der Waals surface area (Å²) in [5.41, 5.74) is -4.38. The fourth-order valence-corrected chi connectivity index (χ4v) is 12.2. The normalized spacial score (nSPS) is 15.9. The molecule has 18 heteroatoms. The minimum atomic E-state index is -1.98. The molecule has 6 heterocycles. The van der Waals surface area contributed by atoms with Gasteiger partial charge < -0.3 is 64.4 Å². The second kappa shape index (κ2) is 15.7. The zero-order chi connectivity index (χ0) is 54.9.